The molecule has 2 rings (SSSR count). The van der Waals surface area contributed by atoms with Crippen LogP contribution < -0.4 is 5.32 Å². The number of rotatable bonds is 6. The molecule has 0 spiro atoms. The molecule has 0 aliphatic carbocycles. The van der Waals surface area contributed by atoms with E-state index in [1.54, 1.807) is 6.07 Å². The van der Waals surface area contributed by atoms with Gasteiger partial charge in [0.15, 0.2) is 0 Å². The zero-order valence-electron chi connectivity index (χ0n) is 12.3. The second-order valence-electron chi connectivity index (χ2n) is 5.26. The predicted molar refractivity (Wildman–Crippen MR) is 83.6 cm³/mol. The van der Waals surface area contributed by atoms with Crippen molar-refractivity contribution in [3.05, 3.63) is 29.8 Å². The van der Waals surface area contributed by atoms with Crippen LogP contribution in [0.4, 0.5) is 4.39 Å². The van der Waals surface area contributed by atoms with Gasteiger partial charge in [-0.05, 0) is 32.0 Å². The monoisotopic (exact) mass is 297 g/mol. The van der Waals surface area contributed by atoms with Crippen LogP contribution in [0.15, 0.2) is 18.3 Å². The van der Waals surface area contributed by atoms with Crippen LogP contribution in [0, 0.1) is 5.82 Å². The average molecular weight is 297 g/mol. The minimum Gasteiger partial charge on any atom is -0.309 e. The van der Waals surface area contributed by atoms with Crippen molar-refractivity contribution in [3.8, 4) is 0 Å². The molecule has 1 saturated heterocycles. The number of nitrogens with one attached hydrogen (secondary N) is 1. The molecule has 1 aliphatic heterocycles. The Labute approximate surface area is 125 Å². The third-order valence-corrected chi connectivity index (χ3v) is 4.96. The van der Waals surface area contributed by atoms with Gasteiger partial charge in [-0.1, -0.05) is 6.92 Å². The van der Waals surface area contributed by atoms with Gasteiger partial charge in [0.25, 0.3) is 0 Å². The standard InChI is InChI=1S/C15H24FN3S/c1-3-17-15(14-5-4-13(16)10-18-14)6-7-19-8-9-20-11-12(19)2/h4-5,10,12,15,17H,3,6-9,11H2,1-2H3. The highest BCUT2D eigenvalue weighted by atomic mass is 32.2. The van der Waals surface area contributed by atoms with Crippen molar-refractivity contribution in [1.29, 1.82) is 0 Å². The van der Waals surface area contributed by atoms with Crippen LogP contribution in [0.2, 0.25) is 0 Å². The van der Waals surface area contributed by atoms with Crippen molar-refractivity contribution in [3.63, 3.8) is 0 Å². The third-order valence-electron chi connectivity index (χ3n) is 3.77. The fraction of sp³-hybridized carbons (Fsp3) is 0.667. The van der Waals surface area contributed by atoms with Crippen molar-refractivity contribution in [2.24, 2.45) is 0 Å². The molecule has 2 unspecified atom stereocenters. The smallest absolute Gasteiger partial charge is 0.141 e. The lowest BCUT2D eigenvalue weighted by Crippen LogP contribution is -2.42. The lowest BCUT2D eigenvalue weighted by atomic mass is 10.1. The lowest BCUT2D eigenvalue weighted by molar-refractivity contribution is 0.219. The molecule has 0 radical (unpaired) electrons. The van der Waals surface area contributed by atoms with Gasteiger partial charge in [0, 0.05) is 30.6 Å². The molecule has 0 bridgehead atoms. The van der Waals surface area contributed by atoms with Crippen LogP contribution in [0.3, 0.4) is 0 Å². The van der Waals surface area contributed by atoms with Crippen LogP contribution in [0.5, 0.6) is 0 Å². The maximum Gasteiger partial charge on any atom is 0.141 e. The van der Waals surface area contributed by atoms with E-state index in [-0.39, 0.29) is 11.9 Å². The Hall–Kier alpha value is -0.650. The van der Waals surface area contributed by atoms with Crippen LogP contribution >= 0.6 is 11.8 Å². The zero-order valence-corrected chi connectivity index (χ0v) is 13.1. The summed E-state index contributed by atoms with van der Waals surface area (Å²) >= 11 is 2.04. The number of pyridine rings is 1. The van der Waals surface area contributed by atoms with Gasteiger partial charge in [0.1, 0.15) is 5.82 Å². The molecule has 1 N–H and O–H groups in total. The van der Waals surface area contributed by atoms with E-state index in [4.69, 9.17) is 0 Å². The summed E-state index contributed by atoms with van der Waals surface area (Å²) in [5.41, 5.74) is 0.937. The van der Waals surface area contributed by atoms with Crippen molar-refractivity contribution < 1.29 is 4.39 Å². The van der Waals surface area contributed by atoms with Gasteiger partial charge in [0.2, 0.25) is 0 Å². The molecule has 1 aromatic rings. The first kappa shape index (κ1) is 15.7. The van der Waals surface area contributed by atoms with E-state index < -0.39 is 0 Å². The van der Waals surface area contributed by atoms with E-state index in [0.29, 0.717) is 6.04 Å². The molecular weight excluding hydrogens is 273 g/mol. The molecule has 3 nitrogen and oxygen atoms in total. The van der Waals surface area contributed by atoms with E-state index in [9.17, 15) is 4.39 Å². The maximum absolute atomic E-state index is 13.0. The quantitative estimate of drug-likeness (QED) is 0.874. The average Bonchev–Trinajstić information content (AvgIpc) is 2.46. The topological polar surface area (TPSA) is 28.2 Å². The molecule has 0 aromatic carbocycles. The Morgan fingerprint density at radius 1 is 1.55 bits per heavy atom. The Balaban J connectivity index is 1.93. The van der Waals surface area contributed by atoms with Gasteiger partial charge in [0.05, 0.1) is 17.9 Å². The molecule has 1 aromatic heterocycles. The summed E-state index contributed by atoms with van der Waals surface area (Å²) in [7, 11) is 0. The summed E-state index contributed by atoms with van der Waals surface area (Å²) < 4.78 is 13.0. The highest BCUT2D eigenvalue weighted by molar-refractivity contribution is 7.99. The Kier molecular flexibility index (Phi) is 6.26. The predicted octanol–water partition coefficient (Wildman–Crippen LogP) is 2.70. The van der Waals surface area contributed by atoms with E-state index in [2.05, 4.69) is 29.0 Å². The highest BCUT2D eigenvalue weighted by Crippen LogP contribution is 2.20. The number of hydrogen-bond acceptors (Lipinski definition) is 4. The van der Waals surface area contributed by atoms with Crippen molar-refractivity contribution in [2.45, 2.75) is 32.4 Å². The third kappa shape index (κ3) is 4.43. The molecule has 2 atom stereocenters. The van der Waals surface area contributed by atoms with Gasteiger partial charge in [-0.15, -0.1) is 0 Å². The van der Waals surface area contributed by atoms with Crippen molar-refractivity contribution in [2.75, 3.05) is 31.1 Å². The molecule has 20 heavy (non-hydrogen) atoms. The Morgan fingerprint density at radius 3 is 3.05 bits per heavy atom. The molecule has 2 heterocycles. The van der Waals surface area contributed by atoms with Crippen LogP contribution in [-0.4, -0.2) is 47.1 Å². The van der Waals surface area contributed by atoms with E-state index in [0.717, 1.165) is 25.2 Å². The number of thioether (sulfide) groups is 1. The Morgan fingerprint density at radius 2 is 2.40 bits per heavy atom. The Bertz CT molecular complexity index is 399. The van der Waals surface area contributed by atoms with Gasteiger partial charge >= 0.3 is 0 Å². The van der Waals surface area contributed by atoms with Gasteiger partial charge in [-0.3, -0.25) is 9.88 Å². The number of hydrogen-bond donors (Lipinski definition) is 1. The lowest BCUT2D eigenvalue weighted by Gasteiger charge is -2.34. The summed E-state index contributed by atoms with van der Waals surface area (Å²) in [4.78, 5) is 6.77. The van der Waals surface area contributed by atoms with Gasteiger partial charge in [-0.2, -0.15) is 11.8 Å². The maximum atomic E-state index is 13.0. The van der Waals surface area contributed by atoms with Gasteiger partial charge < -0.3 is 5.32 Å². The van der Waals surface area contributed by atoms with Crippen LogP contribution in [0.1, 0.15) is 32.0 Å². The molecule has 112 valence electrons. The van der Waals surface area contributed by atoms with Crippen molar-refractivity contribution in [1.82, 2.24) is 15.2 Å². The van der Waals surface area contributed by atoms with Crippen LogP contribution in [0.25, 0.3) is 0 Å². The minimum atomic E-state index is -0.273. The first-order chi connectivity index (χ1) is 9.70. The van der Waals surface area contributed by atoms with E-state index in [1.807, 2.05) is 11.8 Å². The molecule has 5 heteroatoms. The second kappa shape index (κ2) is 7.96. The second-order valence-corrected chi connectivity index (χ2v) is 6.41. The minimum absolute atomic E-state index is 0.211. The fourth-order valence-corrected chi connectivity index (χ4v) is 3.67. The van der Waals surface area contributed by atoms with Crippen LogP contribution in [-0.2, 0) is 0 Å². The van der Waals surface area contributed by atoms with E-state index in [1.165, 1.54) is 30.3 Å². The molecule has 1 fully saturated rings. The van der Waals surface area contributed by atoms with Gasteiger partial charge in [-0.25, -0.2) is 4.39 Å². The zero-order chi connectivity index (χ0) is 14.4. The number of halogens is 1. The molecule has 0 saturated carbocycles. The fourth-order valence-electron chi connectivity index (χ4n) is 2.58. The molecular formula is C15H24FN3S. The van der Waals surface area contributed by atoms with Crippen molar-refractivity contribution >= 4 is 11.8 Å². The highest BCUT2D eigenvalue weighted by Gasteiger charge is 2.20. The SMILES string of the molecule is CCNC(CCN1CCSCC1C)c1ccc(F)cn1. The van der Waals surface area contributed by atoms with E-state index >= 15 is 0 Å². The summed E-state index contributed by atoms with van der Waals surface area (Å²) in [5.74, 6) is 2.18. The molecule has 0 amide bonds. The largest absolute Gasteiger partial charge is 0.309 e. The number of nitrogens with zero attached hydrogens (tertiary/aromatic N) is 2. The summed E-state index contributed by atoms with van der Waals surface area (Å²) in [5, 5.41) is 3.46. The normalized spacial score (nSPS) is 21.9. The molecule has 1 aliphatic rings. The summed E-state index contributed by atoms with van der Waals surface area (Å²) in [6.45, 7) is 7.52. The first-order valence-electron chi connectivity index (χ1n) is 7.37. The summed E-state index contributed by atoms with van der Waals surface area (Å²) in [6, 6.07) is 4.14. The summed E-state index contributed by atoms with van der Waals surface area (Å²) in [6.07, 6.45) is 2.32. The first-order valence-corrected chi connectivity index (χ1v) is 8.52. The number of aromatic nitrogens is 1.